The summed E-state index contributed by atoms with van der Waals surface area (Å²) in [7, 11) is 0. The van der Waals surface area contributed by atoms with Crippen molar-refractivity contribution < 1.29 is 4.79 Å². The Bertz CT molecular complexity index is 802. The van der Waals surface area contributed by atoms with Gasteiger partial charge in [-0.2, -0.15) is 0 Å². The Kier molecular flexibility index (Phi) is 5.65. The van der Waals surface area contributed by atoms with Crippen molar-refractivity contribution in [1.82, 2.24) is 9.80 Å². The van der Waals surface area contributed by atoms with Crippen LogP contribution in [-0.2, 0) is 17.8 Å². The highest BCUT2D eigenvalue weighted by molar-refractivity contribution is 6.33. The van der Waals surface area contributed by atoms with Gasteiger partial charge >= 0.3 is 0 Å². The molecule has 4 rings (SSSR count). The van der Waals surface area contributed by atoms with Gasteiger partial charge in [0.05, 0.1) is 10.7 Å². The summed E-state index contributed by atoms with van der Waals surface area (Å²) in [6, 6.07) is 16.5. The zero-order valence-corrected chi connectivity index (χ0v) is 16.4. The van der Waals surface area contributed by atoms with Crippen LogP contribution in [0.1, 0.15) is 17.5 Å². The van der Waals surface area contributed by atoms with Crippen molar-refractivity contribution in [3.63, 3.8) is 0 Å². The number of benzene rings is 2. The zero-order chi connectivity index (χ0) is 18.6. The summed E-state index contributed by atoms with van der Waals surface area (Å²) >= 11 is 6.31. The standard InChI is InChI=1S/C22H26ClN3O/c23-20-7-3-4-8-21(20)25-15-13-24(14-16-25)11-10-22(27)26-12-9-18-5-1-2-6-19(18)17-26/h1-8H,9-17H2. The second kappa shape index (κ2) is 8.32. The molecule has 0 unspecified atom stereocenters. The van der Waals surface area contributed by atoms with Crippen molar-refractivity contribution in [2.24, 2.45) is 0 Å². The molecule has 0 aliphatic carbocycles. The summed E-state index contributed by atoms with van der Waals surface area (Å²) in [6.07, 6.45) is 1.58. The molecule has 1 fully saturated rings. The van der Waals surface area contributed by atoms with Crippen molar-refractivity contribution in [2.45, 2.75) is 19.4 Å². The molecule has 0 spiro atoms. The van der Waals surface area contributed by atoms with Gasteiger partial charge in [0.15, 0.2) is 0 Å². The Balaban J connectivity index is 1.25. The highest BCUT2D eigenvalue weighted by Crippen LogP contribution is 2.26. The van der Waals surface area contributed by atoms with Crippen LogP contribution in [0.4, 0.5) is 5.69 Å². The first-order valence-corrected chi connectivity index (χ1v) is 10.1. The molecule has 2 aliphatic rings. The van der Waals surface area contributed by atoms with Gasteiger partial charge < -0.3 is 9.80 Å². The van der Waals surface area contributed by atoms with E-state index in [1.54, 1.807) is 0 Å². The van der Waals surface area contributed by atoms with Crippen LogP contribution in [0.2, 0.25) is 5.02 Å². The van der Waals surface area contributed by atoms with E-state index in [1.165, 1.54) is 11.1 Å². The minimum absolute atomic E-state index is 0.276. The summed E-state index contributed by atoms with van der Waals surface area (Å²) in [5.41, 5.74) is 3.80. The normalized spacial score (nSPS) is 17.7. The lowest BCUT2D eigenvalue weighted by atomic mass is 10.00. The predicted octanol–water partition coefficient (Wildman–Crippen LogP) is 3.44. The van der Waals surface area contributed by atoms with E-state index in [9.17, 15) is 4.79 Å². The monoisotopic (exact) mass is 383 g/mol. The number of piperazine rings is 1. The fourth-order valence-electron chi connectivity index (χ4n) is 4.04. The van der Waals surface area contributed by atoms with Crippen molar-refractivity contribution in [3.05, 3.63) is 64.7 Å². The van der Waals surface area contributed by atoms with E-state index in [-0.39, 0.29) is 5.91 Å². The Morgan fingerprint density at radius 1 is 0.889 bits per heavy atom. The first-order valence-electron chi connectivity index (χ1n) is 9.77. The van der Waals surface area contributed by atoms with Crippen molar-refractivity contribution in [3.8, 4) is 0 Å². The van der Waals surface area contributed by atoms with Gasteiger partial charge in [-0.1, -0.05) is 48.0 Å². The van der Waals surface area contributed by atoms with Gasteiger partial charge in [0.1, 0.15) is 0 Å². The summed E-state index contributed by atoms with van der Waals surface area (Å²) in [5, 5.41) is 0.812. The first-order chi connectivity index (χ1) is 13.2. The number of halogens is 1. The minimum Gasteiger partial charge on any atom is -0.368 e. The third kappa shape index (κ3) is 4.28. The van der Waals surface area contributed by atoms with E-state index in [4.69, 9.17) is 11.6 Å². The number of carbonyl (C=O) groups excluding carboxylic acids is 1. The smallest absolute Gasteiger partial charge is 0.224 e. The Morgan fingerprint density at radius 3 is 2.37 bits per heavy atom. The lowest BCUT2D eigenvalue weighted by Gasteiger charge is -2.37. The number of carbonyl (C=O) groups is 1. The van der Waals surface area contributed by atoms with Crippen LogP contribution >= 0.6 is 11.6 Å². The summed E-state index contributed by atoms with van der Waals surface area (Å²) in [6.45, 7) is 6.30. The van der Waals surface area contributed by atoms with Crippen molar-refractivity contribution in [2.75, 3.05) is 44.2 Å². The number of amides is 1. The molecule has 0 atom stereocenters. The minimum atomic E-state index is 0.276. The molecule has 0 N–H and O–H groups in total. The number of para-hydroxylation sites is 1. The number of nitrogens with zero attached hydrogens (tertiary/aromatic N) is 3. The van der Waals surface area contributed by atoms with E-state index in [1.807, 2.05) is 23.1 Å². The van der Waals surface area contributed by atoms with Gasteiger partial charge in [0, 0.05) is 52.2 Å². The first kappa shape index (κ1) is 18.3. The van der Waals surface area contributed by atoms with Gasteiger partial charge in [-0.05, 0) is 29.7 Å². The summed E-state index contributed by atoms with van der Waals surface area (Å²) in [4.78, 5) is 19.4. The van der Waals surface area contributed by atoms with Crippen LogP contribution in [0.5, 0.6) is 0 Å². The third-order valence-corrected chi connectivity index (χ3v) is 6.01. The fourth-order valence-corrected chi connectivity index (χ4v) is 4.30. The van der Waals surface area contributed by atoms with Crippen LogP contribution in [0, 0.1) is 0 Å². The Hall–Kier alpha value is -2.04. The van der Waals surface area contributed by atoms with Gasteiger partial charge in [0.25, 0.3) is 0 Å². The van der Waals surface area contributed by atoms with E-state index >= 15 is 0 Å². The number of hydrogen-bond acceptors (Lipinski definition) is 3. The number of fused-ring (bicyclic) bond motifs is 1. The largest absolute Gasteiger partial charge is 0.368 e. The van der Waals surface area contributed by atoms with Crippen LogP contribution in [0.25, 0.3) is 0 Å². The van der Waals surface area contributed by atoms with Gasteiger partial charge in [0.2, 0.25) is 5.91 Å². The second-order valence-corrected chi connectivity index (χ2v) is 7.77. The quantitative estimate of drug-likeness (QED) is 0.809. The maximum absolute atomic E-state index is 12.7. The Labute approximate surface area is 166 Å². The average molecular weight is 384 g/mol. The lowest BCUT2D eigenvalue weighted by molar-refractivity contribution is -0.132. The van der Waals surface area contributed by atoms with Crippen molar-refractivity contribution in [1.29, 1.82) is 0 Å². The molecule has 1 saturated heterocycles. The molecule has 2 aliphatic heterocycles. The molecule has 4 nitrogen and oxygen atoms in total. The molecule has 2 aromatic rings. The molecule has 0 saturated carbocycles. The van der Waals surface area contributed by atoms with E-state index in [0.717, 1.165) is 62.9 Å². The predicted molar refractivity (Wildman–Crippen MR) is 110 cm³/mol. The fraction of sp³-hybridized carbons (Fsp3) is 0.409. The molecule has 142 valence electrons. The van der Waals surface area contributed by atoms with Crippen LogP contribution in [0.3, 0.4) is 0 Å². The molecular formula is C22H26ClN3O. The third-order valence-electron chi connectivity index (χ3n) is 5.69. The molecule has 0 bridgehead atoms. The topological polar surface area (TPSA) is 26.8 Å². The van der Waals surface area contributed by atoms with Crippen LogP contribution < -0.4 is 4.90 Å². The van der Waals surface area contributed by atoms with Gasteiger partial charge in [-0.15, -0.1) is 0 Å². The summed E-state index contributed by atoms with van der Waals surface area (Å²) in [5.74, 6) is 0.276. The molecule has 0 radical (unpaired) electrons. The number of rotatable bonds is 4. The molecule has 0 aromatic heterocycles. The molecule has 2 aromatic carbocycles. The van der Waals surface area contributed by atoms with E-state index < -0.39 is 0 Å². The maximum atomic E-state index is 12.7. The number of anilines is 1. The lowest BCUT2D eigenvalue weighted by Crippen LogP contribution is -2.47. The van der Waals surface area contributed by atoms with Crippen LogP contribution in [0.15, 0.2) is 48.5 Å². The highest BCUT2D eigenvalue weighted by Gasteiger charge is 2.22. The Morgan fingerprint density at radius 2 is 1.59 bits per heavy atom. The number of hydrogen-bond donors (Lipinski definition) is 0. The molecule has 27 heavy (non-hydrogen) atoms. The van der Waals surface area contributed by atoms with Gasteiger partial charge in [-0.3, -0.25) is 9.69 Å². The molecule has 2 heterocycles. The van der Waals surface area contributed by atoms with E-state index in [0.29, 0.717) is 6.42 Å². The van der Waals surface area contributed by atoms with Crippen LogP contribution in [-0.4, -0.2) is 55.0 Å². The highest BCUT2D eigenvalue weighted by atomic mass is 35.5. The molecule has 1 amide bonds. The summed E-state index contributed by atoms with van der Waals surface area (Å²) < 4.78 is 0. The molecular weight excluding hydrogens is 358 g/mol. The van der Waals surface area contributed by atoms with Crippen molar-refractivity contribution >= 4 is 23.2 Å². The van der Waals surface area contributed by atoms with Gasteiger partial charge in [-0.25, -0.2) is 0 Å². The zero-order valence-electron chi connectivity index (χ0n) is 15.6. The average Bonchev–Trinajstić information content (AvgIpc) is 2.72. The van der Waals surface area contributed by atoms with E-state index in [2.05, 4.69) is 40.1 Å². The SMILES string of the molecule is O=C(CCN1CCN(c2ccccc2Cl)CC1)N1CCc2ccccc2C1. The molecule has 5 heteroatoms. The second-order valence-electron chi connectivity index (χ2n) is 7.36. The maximum Gasteiger partial charge on any atom is 0.224 e.